The Morgan fingerprint density at radius 3 is 2.40 bits per heavy atom. The Labute approximate surface area is 99.6 Å². The summed E-state index contributed by atoms with van der Waals surface area (Å²) in [5.41, 5.74) is 0. The molecule has 1 fully saturated rings. The van der Waals surface area contributed by atoms with E-state index in [1.54, 1.807) is 0 Å². The van der Waals surface area contributed by atoms with E-state index in [0.717, 1.165) is 12.4 Å². The van der Waals surface area contributed by atoms with Gasteiger partial charge in [-0.25, -0.2) is 0 Å². The van der Waals surface area contributed by atoms with Crippen LogP contribution in [0.15, 0.2) is 0 Å². The number of alkyl halides is 1. The van der Waals surface area contributed by atoms with Crippen molar-refractivity contribution < 1.29 is 0 Å². The van der Waals surface area contributed by atoms with E-state index in [2.05, 4.69) is 23.6 Å². The van der Waals surface area contributed by atoms with E-state index in [1.807, 2.05) is 0 Å². The molecule has 1 heterocycles. The van der Waals surface area contributed by atoms with Crippen molar-refractivity contribution in [3.05, 3.63) is 0 Å². The van der Waals surface area contributed by atoms with Crippen LogP contribution in [0.25, 0.3) is 0 Å². The molecule has 1 aliphatic heterocycles. The SMILES string of the molecule is CC(C)N(CCCl)CCCN1CCCC1. The highest BCUT2D eigenvalue weighted by Gasteiger charge is 2.12. The van der Waals surface area contributed by atoms with Crippen LogP contribution in [0.4, 0.5) is 0 Å². The van der Waals surface area contributed by atoms with Gasteiger partial charge < -0.3 is 4.90 Å². The van der Waals surface area contributed by atoms with E-state index >= 15 is 0 Å². The standard InChI is InChI=1S/C12H25ClN2/c1-12(2)15(11-6-13)10-5-9-14-7-3-4-8-14/h12H,3-11H2,1-2H3. The summed E-state index contributed by atoms with van der Waals surface area (Å²) in [6.07, 6.45) is 4.08. The van der Waals surface area contributed by atoms with Gasteiger partial charge in [-0.3, -0.25) is 4.90 Å². The summed E-state index contributed by atoms with van der Waals surface area (Å²) in [4.78, 5) is 5.06. The van der Waals surface area contributed by atoms with Gasteiger partial charge in [0.1, 0.15) is 0 Å². The zero-order valence-electron chi connectivity index (χ0n) is 10.2. The number of nitrogens with zero attached hydrogens (tertiary/aromatic N) is 2. The average Bonchev–Trinajstić information content (AvgIpc) is 2.69. The first-order valence-electron chi connectivity index (χ1n) is 6.26. The molecule has 0 aromatic carbocycles. The van der Waals surface area contributed by atoms with Gasteiger partial charge in [0.05, 0.1) is 0 Å². The topological polar surface area (TPSA) is 6.48 Å². The van der Waals surface area contributed by atoms with Gasteiger partial charge in [-0.15, -0.1) is 11.6 Å². The van der Waals surface area contributed by atoms with E-state index in [1.165, 1.54) is 45.4 Å². The molecular weight excluding hydrogens is 208 g/mol. The van der Waals surface area contributed by atoms with Crippen molar-refractivity contribution in [1.82, 2.24) is 9.80 Å². The molecule has 0 atom stereocenters. The van der Waals surface area contributed by atoms with Gasteiger partial charge in [-0.1, -0.05) is 0 Å². The molecule has 1 aliphatic rings. The molecule has 3 heteroatoms. The van der Waals surface area contributed by atoms with Crippen molar-refractivity contribution in [2.75, 3.05) is 38.6 Å². The lowest BCUT2D eigenvalue weighted by molar-refractivity contribution is 0.215. The maximum atomic E-state index is 5.79. The van der Waals surface area contributed by atoms with Crippen LogP contribution in [0.5, 0.6) is 0 Å². The Bertz CT molecular complexity index is 156. The van der Waals surface area contributed by atoms with Crippen molar-refractivity contribution in [2.24, 2.45) is 0 Å². The second-order valence-electron chi connectivity index (χ2n) is 4.72. The summed E-state index contributed by atoms with van der Waals surface area (Å²) >= 11 is 5.79. The molecular formula is C12H25ClN2. The van der Waals surface area contributed by atoms with E-state index in [4.69, 9.17) is 11.6 Å². The maximum Gasteiger partial charge on any atom is 0.0351 e. The van der Waals surface area contributed by atoms with Crippen molar-refractivity contribution in [3.63, 3.8) is 0 Å². The quantitative estimate of drug-likeness (QED) is 0.623. The van der Waals surface area contributed by atoms with Gasteiger partial charge in [-0.2, -0.15) is 0 Å². The van der Waals surface area contributed by atoms with Gasteiger partial charge in [-0.05, 0) is 59.3 Å². The molecule has 0 aliphatic carbocycles. The molecule has 0 N–H and O–H groups in total. The second kappa shape index (κ2) is 7.48. The first-order valence-corrected chi connectivity index (χ1v) is 6.80. The zero-order chi connectivity index (χ0) is 11.1. The highest BCUT2D eigenvalue weighted by Crippen LogP contribution is 2.08. The molecule has 2 nitrogen and oxygen atoms in total. The third-order valence-corrected chi connectivity index (χ3v) is 3.39. The summed E-state index contributed by atoms with van der Waals surface area (Å²) < 4.78 is 0. The van der Waals surface area contributed by atoms with Gasteiger partial charge in [0.25, 0.3) is 0 Å². The molecule has 0 spiro atoms. The van der Waals surface area contributed by atoms with Crippen LogP contribution in [0.3, 0.4) is 0 Å². The van der Waals surface area contributed by atoms with Crippen molar-refractivity contribution in [2.45, 2.75) is 39.2 Å². The number of hydrogen-bond acceptors (Lipinski definition) is 2. The Hall–Kier alpha value is 0.210. The van der Waals surface area contributed by atoms with Crippen LogP contribution in [0.2, 0.25) is 0 Å². The Morgan fingerprint density at radius 2 is 1.87 bits per heavy atom. The molecule has 1 rings (SSSR count). The summed E-state index contributed by atoms with van der Waals surface area (Å²) in [6.45, 7) is 10.6. The number of hydrogen-bond donors (Lipinski definition) is 0. The Kier molecular flexibility index (Phi) is 6.62. The Morgan fingerprint density at radius 1 is 1.20 bits per heavy atom. The molecule has 0 aromatic heterocycles. The van der Waals surface area contributed by atoms with Crippen LogP contribution >= 0.6 is 11.6 Å². The number of likely N-dealkylation sites (tertiary alicyclic amines) is 1. The number of rotatable bonds is 7. The van der Waals surface area contributed by atoms with Crippen LogP contribution in [-0.4, -0.2) is 54.4 Å². The van der Waals surface area contributed by atoms with Crippen LogP contribution in [0.1, 0.15) is 33.1 Å². The highest BCUT2D eigenvalue weighted by molar-refractivity contribution is 6.18. The van der Waals surface area contributed by atoms with E-state index in [-0.39, 0.29) is 0 Å². The highest BCUT2D eigenvalue weighted by atomic mass is 35.5. The molecule has 0 saturated carbocycles. The van der Waals surface area contributed by atoms with E-state index < -0.39 is 0 Å². The van der Waals surface area contributed by atoms with Gasteiger partial charge in [0.2, 0.25) is 0 Å². The van der Waals surface area contributed by atoms with Crippen LogP contribution in [0, 0.1) is 0 Å². The van der Waals surface area contributed by atoms with Gasteiger partial charge in [0.15, 0.2) is 0 Å². The minimum Gasteiger partial charge on any atom is -0.303 e. The molecule has 0 aromatic rings. The normalized spacial score (nSPS) is 18.2. The van der Waals surface area contributed by atoms with E-state index in [0.29, 0.717) is 6.04 Å². The van der Waals surface area contributed by atoms with Crippen LogP contribution in [-0.2, 0) is 0 Å². The van der Waals surface area contributed by atoms with Crippen molar-refractivity contribution in [3.8, 4) is 0 Å². The van der Waals surface area contributed by atoms with Crippen molar-refractivity contribution >= 4 is 11.6 Å². The first kappa shape index (κ1) is 13.3. The minimum atomic E-state index is 0.627. The third-order valence-electron chi connectivity index (χ3n) is 3.22. The second-order valence-corrected chi connectivity index (χ2v) is 5.10. The van der Waals surface area contributed by atoms with E-state index in [9.17, 15) is 0 Å². The molecule has 90 valence electrons. The first-order chi connectivity index (χ1) is 7.24. The predicted molar refractivity (Wildman–Crippen MR) is 67.7 cm³/mol. The molecule has 0 bridgehead atoms. The summed E-state index contributed by atoms with van der Waals surface area (Å²) in [5, 5.41) is 0. The lowest BCUT2D eigenvalue weighted by Gasteiger charge is -2.26. The molecule has 0 unspecified atom stereocenters. The third kappa shape index (κ3) is 5.19. The average molecular weight is 233 g/mol. The predicted octanol–water partition coefficient (Wildman–Crippen LogP) is 2.42. The Balaban J connectivity index is 2.09. The van der Waals surface area contributed by atoms with Gasteiger partial charge >= 0.3 is 0 Å². The summed E-state index contributed by atoms with van der Waals surface area (Å²) in [7, 11) is 0. The van der Waals surface area contributed by atoms with Crippen molar-refractivity contribution in [1.29, 1.82) is 0 Å². The fourth-order valence-electron chi connectivity index (χ4n) is 2.24. The maximum absolute atomic E-state index is 5.79. The minimum absolute atomic E-state index is 0.627. The lowest BCUT2D eigenvalue weighted by atomic mass is 10.3. The molecule has 0 amide bonds. The largest absolute Gasteiger partial charge is 0.303 e. The smallest absolute Gasteiger partial charge is 0.0351 e. The monoisotopic (exact) mass is 232 g/mol. The van der Waals surface area contributed by atoms with Gasteiger partial charge in [0, 0.05) is 18.5 Å². The lowest BCUT2D eigenvalue weighted by Crippen LogP contribution is -2.35. The fraction of sp³-hybridized carbons (Fsp3) is 1.00. The number of halogens is 1. The summed E-state index contributed by atoms with van der Waals surface area (Å²) in [6, 6.07) is 0.627. The molecule has 0 radical (unpaired) electrons. The summed E-state index contributed by atoms with van der Waals surface area (Å²) in [5.74, 6) is 0.752. The molecule has 15 heavy (non-hydrogen) atoms. The van der Waals surface area contributed by atoms with Crippen LogP contribution < -0.4 is 0 Å². The molecule has 1 saturated heterocycles. The zero-order valence-corrected chi connectivity index (χ0v) is 11.0. The fourth-order valence-corrected chi connectivity index (χ4v) is 2.46.